The average Bonchev–Trinajstić information content (AvgIpc) is 2.72. The van der Waals surface area contributed by atoms with Crippen molar-refractivity contribution in [2.24, 2.45) is 5.92 Å². The minimum Gasteiger partial charge on any atom is -0.381 e. The number of hydrogen-bond donors (Lipinski definition) is 1. The van der Waals surface area contributed by atoms with Crippen LogP contribution in [0.1, 0.15) is 13.3 Å². The zero-order valence-electron chi connectivity index (χ0n) is 8.56. The Balaban J connectivity index is 1.77. The molecule has 0 aromatic carbocycles. The number of nitrogens with zero attached hydrogens (tertiary/aromatic N) is 4. The van der Waals surface area contributed by atoms with E-state index in [1.165, 1.54) is 19.5 Å². The van der Waals surface area contributed by atoms with Gasteiger partial charge >= 0.3 is 0 Å². The van der Waals surface area contributed by atoms with E-state index >= 15 is 0 Å². The van der Waals surface area contributed by atoms with E-state index in [2.05, 4.69) is 22.0 Å². The van der Waals surface area contributed by atoms with Gasteiger partial charge in [-0.25, -0.2) is 0 Å². The first-order valence-electron chi connectivity index (χ1n) is 5.12. The van der Waals surface area contributed by atoms with Crippen molar-refractivity contribution in [3.63, 3.8) is 0 Å². The predicted molar refractivity (Wildman–Crippen MR) is 54.7 cm³/mol. The van der Waals surface area contributed by atoms with Crippen molar-refractivity contribution in [2.75, 3.05) is 25.4 Å². The highest BCUT2D eigenvalue weighted by Gasteiger charge is 2.17. The van der Waals surface area contributed by atoms with Crippen LogP contribution < -0.4 is 5.73 Å². The summed E-state index contributed by atoms with van der Waals surface area (Å²) in [6, 6.07) is 0. The number of hydrogen-bond acceptors (Lipinski definition) is 4. The first-order valence-corrected chi connectivity index (χ1v) is 5.12. The Kier molecular flexibility index (Phi) is 2.67. The molecule has 5 heteroatoms. The van der Waals surface area contributed by atoms with Crippen LogP contribution in [0.5, 0.6) is 0 Å². The first-order chi connectivity index (χ1) is 6.74. The SMILES string of the molecule is CC1CCN(CCn2ncc(N)n2)C1. The molecule has 0 radical (unpaired) electrons. The molecule has 0 amide bonds. The average molecular weight is 195 g/mol. The zero-order valence-corrected chi connectivity index (χ0v) is 8.56. The normalized spacial score (nSPS) is 23.1. The minimum absolute atomic E-state index is 0.500. The summed E-state index contributed by atoms with van der Waals surface area (Å²) in [5.74, 6) is 1.34. The molecule has 1 aliphatic rings. The number of likely N-dealkylation sites (tertiary alicyclic amines) is 1. The van der Waals surface area contributed by atoms with Crippen LogP contribution in [0, 0.1) is 5.92 Å². The highest BCUT2D eigenvalue weighted by molar-refractivity contribution is 5.19. The molecule has 0 bridgehead atoms. The Labute approximate surface area is 83.9 Å². The summed E-state index contributed by atoms with van der Waals surface area (Å²) in [5.41, 5.74) is 5.48. The summed E-state index contributed by atoms with van der Waals surface area (Å²) in [5, 5.41) is 8.10. The summed E-state index contributed by atoms with van der Waals surface area (Å²) >= 11 is 0. The molecule has 78 valence electrons. The van der Waals surface area contributed by atoms with Gasteiger partial charge in [-0.3, -0.25) is 0 Å². The standard InChI is InChI=1S/C9H17N5/c1-8-2-3-13(7-8)4-5-14-11-6-9(10)12-14/h6,8H,2-5,7H2,1H3,(H2,10,12). The van der Waals surface area contributed by atoms with E-state index in [9.17, 15) is 0 Å². The lowest BCUT2D eigenvalue weighted by Gasteiger charge is -2.13. The number of rotatable bonds is 3. The molecule has 1 aliphatic heterocycles. The number of nitrogens with two attached hydrogens (primary N) is 1. The molecule has 1 fully saturated rings. The second-order valence-electron chi connectivity index (χ2n) is 4.06. The van der Waals surface area contributed by atoms with Crippen LogP contribution in [-0.4, -0.2) is 39.5 Å². The lowest BCUT2D eigenvalue weighted by atomic mass is 10.2. The lowest BCUT2D eigenvalue weighted by molar-refractivity contribution is 0.298. The molecular formula is C9H17N5. The molecule has 1 aromatic heterocycles. The monoisotopic (exact) mass is 195 g/mol. The van der Waals surface area contributed by atoms with E-state index in [1.807, 2.05) is 0 Å². The Morgan fingerprint density at radius 3 is 3.00 bits per heavy atom. The van der Waals surface area contributed by atoms with Crippen molar-refractivity contribution in [2.45, 2.75) is 19.9 Å². The van der Waals surface area contributed by atoms with Crippen LogP contribution in [0.15, 0.2) is 6.20 Å². The fraction of sp³-hybridized carbons (Fsp3) is 0.778. The maximum Gasteiger partial charge on any atom is 0.165 e. The van der Waals surface area contributed by atoms with Crippen molar-refractivity contribution in [1.82, 2.24) is 19.9 Å². The molecule has 2 heterocycles. The maximum absolute atomic E-state index is 5.48. The van der Waals surface area contributed by atoms with Gasteiger partial charge in [-0.2, -0.15) is 9.90 Å². The third kappa shape index (κ3) is 2.23. The van der Waals surface area contributed by atoms with Crippen LogP contribution in [0.4, 0.5) is 5.82 Å². The molecule has 0 saturated carbocycles. The van der Waals surface area contributed by atoms with Gasteiger partial charge in [0.05, 0.1) is 12.7 Å². The predicted octanol–water partition coefficient (Wildman–Crippen LogP) is 0.202. The summed E-state index contributed by atoms with van der Waals surface area (Å²) in [6.45, 7) is 6.57. The van der Waals surface area contributed by atoms with Gasteiger partial charge in [-0.15, -0.1) is 5.10 Å². The third-order valence-corrected chi connectivity index (χ3v) is 2.68. The fourth-order valence-corrected chi connectivity index (χ4v) is 1.88. The second-order valence-corrected chi connectivity index (χ2v) is 4.06. The van der Waals surface area contributed by atoms with Gasteiger partial charge in [-0.1, -0.05) is 6.92 Å². The third-order valence-electron chi connectivity index (χ3n) is 2.68. The molecule has 1 atom stereocenters. The van der Waals surface area contributed by atoms with Gasteiger partial charge in [-0.05, 0) is 18.9 Å². The van der Waals surface area contributed by atoms with Crippen molar-refractivity contribution >= 4 is 5.82 Å². The molecule has 0 aliphatic carbocycles. The van der Waals surface area contributed by atoms with Crippen LogP contribution in [0.3, 0.4) is 0 Å². The van der Waals surface area contributed by atoms with Gasteiger partial charge in [0.1, 0.15) is 0 Å². The van der Waals surface area contributed by atoms with E-state index in [4.69, 9.17) is 5.73 Å². The zero-order chi connectivity index (χ0) is 9.97. The number of aromatic nitrogens is 3. The molecule has 1 unspecified atom stereocenters. The highest BCUT2D eigenvalue weighted by atomic mass is 15.5. The fourth-order valence-electron chi connectivity index (χ4n) is 1.88. The molecule has 1 aromatic rings. The maximum atomic E-state index is 5.48. The first kappa shape index (κ1) is 9.45. The molecule has 0 spiro atoms. The molecule has 14 heavy (non-hydrogen) atoms. The van der Waals surface area contributed by atoms with E-state index in [1.54, 1.807) is 11.0 Å². The second kappa shape index (κ2) is 3.96. The van der Waals surface area contributed by atoms with Gasteiger partial charge < -0.3 is 10.6 Å². The van der Waals surface area contributed by atoms with Gasteiger partial charge in [0.15, 0.2) is 5.82 Å². The number of nitrogen functional groups attached to an aromatic ring is 1. The quantitative estimate of drug-likeness (QED) is 0.748. The highest BCUT2D eigenvalue weighted by Crippen LogP contribution is 2.14. The van der Waals surface area contributed by atoms with Gasteiger partial charge in [0.25, 0.3) is 0 Å². The molecule has 2 rings (SSSR count). The van der Waals surface area contributed by atoms with Crippen LogP contribution >= 0.6 is 0 Å². The molecule has 5 nitrogen and oxygen atoms in total. The van der Waals surface area contributed by atoms with Crippen LogP contribution in [-0.2, 0) is 6.54 Å². The van der Waals surface area contributed by atoms with Crippen LogP contribution in [0.25, 0.3) is 0 Å². The summed E-state index contributed by atoms with van der Waals surface area (Å²) < 4.78 is 0. The van der Waals surface area contributed by atoms with Gasteiger partial charge in [0, 0.05) is 13.1 Å². The van der Waals surface area contributed by atoms with E-state index in [-0.39, 0.29) is 0 Å². The molecule has 2 N–H and O–H groups in total. The smallest absolute Gasteiger partial charge is 0.165 e. The Hall–Kier alpha value is -1.10. The summed E-state index contributed by atoms with van der Waals surface area (Å²) in [4.78, 5) is 4.11. The van der Waals surface area contributed by atoms with Gasteiger partial charge in [0.2, 0.25) is 0 Å². The van der Waals surface area contributed by atoms with E-state index in [0.717, 1.165) is 19.0 Å². The van der Waals surface area contributed by atoms with Crippen molar-refractivity contribution < 1.29 is 0 Å². The van der Waals surface area contributed by atoms with Crippen molar-refractivity contribution in [3.05, 3.63) is 6.20 Å². The summed E-state index contributed by atoms with van der Waals surface area (Å²) in [7, 11) is 0. The van der Waals surface area contributed by atoms with Crippen molar-refractivity contribution in [3.8, 4) is 0 Å². The Morgan fingerprint density at radius 2 is 2.43 bits per heavy atom. The molecule has 1 saturated heterocycles. The Bertz CT molecular complexity index is 295. The van der Waals surface area contributed by atoms with E-state index in [0.29, 0.717) is 5.82 Å². The van der Waals surface area contributed by atoms with Crippen molar-refractivity contribution in [1.29, 1.82) is 0 Å². The minimum atomic E-state index is 0.500. The van der Waals surface area contributed by atoms with E-state index < -0.39 is 0 Å². The number of anilines is 1. The summed E-state index contributed by atoms with van der Waals surface area (Å²) in [6.07, 6.45) is 2.90. The largest absolute Gasteiger partial charge is 0.381 e. The lowest BCUT2D eigenvalue weighted by Crippen LogP contribution is -2.25. The van der Waals surface area contributed by atoms with Crippen LogP contribution in [0.2, 0.25) is 0 Å². The molecular weight excluding hydrogens is 178 g/mol. The Morgan fingerprint density at radius 1 is 1.57 bits per heavy atom. The topological polar surface area (TPSA) is 60.0 Å².